The zero-order valence-electron chi connectivity index (χ0n) is 17.3. The van der Waals surface area contributed by atoms with E-state index in [2.05, 4.69) is 26.0 Å². The Hall–Kier alpha value is -4.33. The van der Waals surface area contributed by atoms with E-state index in [4.69, 9.17) is 0 Å². The van der Waals surface area contributed by atoms with Crippen LogP contribution in [0.1, 0.15) is 23.2 Å². The summed E-state index contributed by atoms with van der Waals surface area (Å²) < 4.78 is 0. The molecule has 0 fully saturated rings. The van der Waals surface area contributed by atoms with E-state index < -0.39 is 0 Å². The minimum Gasteiger partial charge on any atom is -0.324 e. The van der Waals surface area contributed by atoms with E-state index in [0.29, 0.717) is 35.7 Å². The van der Waals surface area contributed by atoms with Gasteiger partial charge in [0.25, 0.3) is 5.91 Å². The Morgan fingerprint density at radius 3 is 2.12 bits per heavy atom. The quantitative estimate of drug-likeness (QED) is 0.443. The Labute approximate surface area is 185 Å². The Kier molecular flexibility index (Phi) is 6.62. The number of aromatic nitrogens is 4. The number of nitrogens with zero attached hydrogens (tertiary/aromatic N) is 4. The third-order valence-electron chi connectivity index (χ3n) is 4.73. The molecular weight excluding hydrogens is 404 g/mol. The standard InChI is InChI=1S/C24H22N6O2/c31-22(16-9-17-30-28-23(27-29-30)18-10-3-1-4-11-18)25-20-14-7-8-15-21(20)26-24(32)19-12-5-2-6-13-19/h1-8,10-15H,9,16-17H2,(H,25,31)(H,26,32). The molecule has 0 atom stereocenters. The molecule has 2 amide bonds. The highest BCUT2D eigenvalue weighted by molar-refractivity contribution is 6.07. The van der Waals surface area contributed by atoms with Crippen LogP contribution in [0.15, 0.2) is 84.9 Å². The van der Waals surface area contributed by atoms with Crippen molar-refractivity contribution in [2.45, 2.75) is 19.4 Å². The molecule has 0 aliphatic rings. The molecule has 4 rings (SSSR count). The van der Waals surface area contributed by atoms with Crippen LogP contribution in [0.3, 0.4) is 0 Å². The summed E-state index contributed by atoms with van der Waals surface area (Å²) in [6.45, 7) is 0.472. The average Bonchev–Trinajstić information content (AvgIpc) is 3.30. The number of hydrogen-bond acceptors (Lipinski definition) is 5. The molecule has 8 heteroatoms. The summed E-state index contributed by atoms with van der Waals surface area (Å²) in [5, 5.41) is 18.2. The van der Waals surface area contributed by atoms with E-state index >= 15 is 0 Å². The van der Waals surface area contributed by atoms with Gasteiger partial charge in [-0.25, -0.2) is 0 Å². The first-order valence-corrected chi connectivity index (χ1v) is 10.3. The van der Waals surface area contributed by atoms with E-state index in [1.807, 2.05) is 36.4 Å². The molecule has 0 bridgehead atoms. The molecule has 32 heavy (non-hydrogen) atoms. The first-order chi connectivity index (χ1) is 15.7. The fourth-order valence-corrected chi connectivity index (χ4v) is 3.12. The van der Waals surface area contributed by atoms with Gasteiger partial charge in [-0.05, 0) is 35.9 Å². The second kappa shape index (κ2) is 10.1. The average molecular weight is 426 g/mol. The molecule has 0 unspecified atom stereocenters. The fourth-order valence-electron chi connectivity index (χ4n) is 3.12. The van der Waals surface area contributed by atoms with Crippen molar-refractivity contribution in [3.05, 3.63) is 90.5 Å². The van der Waals surface area contributed by atoms with Crippen LogP contribution in [-0.2, 0) is 11.3 Å². The first-order valence-electron chi connectivity index (χ1n) is 10.3. The Bertz CT molecular complexity index is 1190. The number of hydrogen-bond donors (Lipinski definition) is 2. The normalized spacial score (nSPS) is 10.5. The third-order valence-corrected chi connectivity index (χ3v) is 4.73. The number of rotatable bonds is 8. The second-order valence-electron chi connectivity index (χ2n) is 7.09. The molecule has 4 aromatic rings. The third kappa shape index (κ3) is 5.42. The van der Waals surface area contributed by atoms with Gasteiger partial charge in [0, 0.05) is 17.5 Å². The van der Waals surface area contributed by atoms with Gasteiger partial charge in [-0.2, -0.15) is 4.80 Å². The van der Waals surface area contributed by atoms with Crippen LogP contribution in [0.4, 0.5) is 11.4 Å². The minimum atomic E-state index is -0.237. The van der Waals surface area contributed by atoms with Gasteiger partial charge in [-0.3, -0.25) is 9.59 Å². The maximum absolute atomic E-state index is 12.4. The van der Waals surface area contributed by atoms with Crippen LogP contribution in [0, 0.1) is 0 Å². The van der Waals surface area contributed by atoms with Gasteiger partial charge in [0.15, 0.2) is 0 Å². The number of carbonyl (C=O) groups excluding carboxylic acids is 2. The van der Waals surface area contributed by atoms with Gasteiger partial charge in [0.1, 0.15) is 0 Å². The molecule has 0 saturated heterocycles. The van der Waals surface area contributed by atoms with Crippen molar-refractivity contribution in [1.82, 2.24) is 20.2 Å². The van der Waals surface area contributed by atoms with Crippen LogP contribution < -0.4 is 10.6 Å². The van der Waals surface area contributed by atoms with Crippen molar-refractivity contribution in [3.8, 4) is 11.4 Å². The van der Waals surface area contributed by atoms with E-state index in [0.717, 1.165) is 5.56 Å². The predicted molar refractivity (Wildman–Crippen MR) is 122 cm³/mol. The summed E-state index contributed by atoms with van der Waals surface area (Å²) in [6.07, 6.45) is 0.831. The summed E-state index contributed by atoms with van der Waals surface area (Å²) in [5.41, 5.74) is 2.53. The summed E-state index contributed by atoms with van der Waals surface area (Å²) in [7, 11) is 0. The zero-order valence-corrected chi connectivity index (χ0v) is 17.3. The number of aryl methyl sites for hydroxylation is 1. The number of nitrogens with one attached hydrogen (secondary N) is 2. The topological polar surface area (TPSA) is 102 Å². The highest BCUT2D eigenvalue weighted by Gasteiger charge is 2.11. The molecule has 160 valence electrons. The Balaban J connectivity index is 1.30. The van der Waals surface area contributed by atoms with Gasteiger partial charge >= 0.3 is 0 Å². The van der Waals surface area contributed by atoms with Crippen LogP contribution in [0.2, 0.25) is 0 Å². The molecule has 0 aliphatic heterocycles. The molecule has 1 heterocycles. The monoisotopic (exact) mass is 426 g/mol. The van der Waals surface area contributed by atoms with E-state index in [-0.39, 0.29) is 18.2 Å². The van der Waals surface area contributed by atoms with Crippen LogP contribution in [-0.4, -0.2) is 32.0 Å². The minimum absolute atomic E-state index is 0.158. The van der Waals surface area contributed by atoms with Gasteiger partial charge < -0.3 is 10.6 Å². The Morgan fingerprint density at radius 2 is 1.41 bits per heavy atom. The molecule has 2 N–H and O–H groups in total. The van der Waals surface area contributed by atoms with Crippen molar-refractivity contribution in [1.29, 1.82) is 0 Å². The van der Waals surface area contributed by atoms with E-state index in [1.54, 1.807) is 48.5 Å². The van der Waals surface area contributed by atoms with Gasteiger partial charge in [-0.15, -0.1) is 10.2 Å². The lowest BCUT2D eigenvalue weighted by molar-refractivity contribution is -0.116. The number of carbonyl (C=O) groups is 2. The lowest BCUT2D eigenvalue weighted by atomic mass is 10.2. The number of anilines is 2. The van der Waals surface area contributed by atoms with E-state index in [1.165, 1.54) is 4.80 Å². The molecule has 8 nitrogen and oxygen atoms in total. The number of amides is 2. The van der Waals surface area contributed by atoms with Crippen molar-refractivity contribution in [2.75, 3.05) is 10.6 Å². The SMILES string of the molecule is O=C(CCCn1nnc(-c2ccccc2)n1)Nc1ccccc1NC(=O)c1ccccc1. The molecule has 3 aromatic carbocycles. The molecular formula is C24H22N6O2. The van der Waals surface area contributed by atoms with Crippen molar-refractivity contribution in [2.24, 2.45) is 0 Å². The van der Waals surface area contributed by atoms with Crippen molar-refractivity contribution >= 4 is 23.2 Å². The molecule has 0 radical (unpaired) electrons. The maximum atomic E-state index is 12.4. The number of tetrazole rings is 1. The lowest BCUT2D eigenvalue weighted by Crippen LogP contribution is -2.17. The maximum Gasteiger partial charge on any atom is 0.255 e. The second-order valence-corrected chi connectivity index (χ2v) is 7.09. The van der Waals surface area contributed by atoms with Gasteiger partial charge in [-0.1, -0.05) is 60.7 Å². The van der Waals surface area contributed by atoms with Crippen LogP contribution >= 0.6 is 0 Å². The molecule has 0 saturated carbocycles. The largest absolute Gasteiger partial charge is 0.324 e. The molecule has 0 aliphatic carbocycles. The molecule has 1 aromatic heterocycles. The van der Waals surface area contributed by atoms with Crippen molar-refractivity contribution in [3.63, 3.8) is 0 Å². The van der Waals surface area contributed by atoms with Gasteiger partial charge in [0.2, 0.25) is 11.7 Å². The summed E-state index contributed by atoms with van der Waals surface area (Å²) in [4.78, 5) is 26.4. The summed E-state index contributed by atoms with van der Waals surface area (Å²) >= 11 is 0. The highest BCUT2D eigenvalue weighted by Crippen LogP contribution is 2.22. The van der Waals surface area contributed by atoms with Crippen LogP contribution in [0.25, 0.3) is 11.4 Å². The number of para-hydroxylation sites is 2. The van der Waals surface area contributed by atoms with Crippen molar-refractivity contribution < 1.29 is 9.59 Å². The smallest absolute Gasteiger partial charge is 0.255 e. The highest BCUT2D eigenvalue weighted by atomic mass is 16.2. The Morgan fingerprint density at radius 1 is 0.781 bits per heavy atom. The first kappa shape index (κ1) is 20.9. The lowest BCUT2D eigenvalue weighted by Gasteiger charge is -2.12. The van der Waals surface area contributed by atoms with E-state index in [9.17, 15) is 9.59 Å². The number of benzene rings is 3. The van der Waals surface area contributed by atoms with Gasteiger partial charge in [0.05, 0.1) is 17.9 Å². The fraction of sp³-hybridized carbons (Fsp3) is 0.125. The summed E-state index contributed by atoms with van der Waals surface area (Å²) in [5.74, 6) is 0.159. The summed E-state index contributed by atoms with van der Waals surface area (Å²) in [6, 6.07) is 25.6. The zero-order chi connectivity index (χ0) is 22.2. The van der Waals surface area contributed by atoms with Crippen LogP contribution in [0.5, 0.6) is 0 Å². The molecule has 0 spiro atoms. The predicted octanol–water partition coefficient (Wildman–Crippen LogP) is 4.01.